The molecule has 13 heavy (non-hydrogen) atoms. The van der Waals surface area contributed by atoms with E-state index in [1.54, 1.807) is 0 Å². The van der Waals surface area contributed by atoms with Crippen LogP contribution in [-0.4, -0.2) is 18.0 Å². The molecule has 1 aliphatic heterocycles. The predicted octanol–water partition coefficient (Wildman–Crippen LogP) is 2.31. The van der Waals surface area contributed by atoms with Gasteiger partial charge >= 0.3 is 0 Å². The minimum atomic E-state index is -0.328. The van der Waals surface area contributed by atoms with Crippen molar-refractivity contribution in [2.75, 3.05) is 6.61 Å². The summed E-state index contributed by atoms with van der Waals surface area (Å²) < 4.78 is 5.79. The first-order chi connectivity index (χ1) is 6.27. The van der Waals surface area contributed by atoms with Gasteiger partial charge in [0.1, 0.15) is 5.60 Å². The third-order valence-electron chi connectivity index (χ3n) is 3.62. The van der Waals surface area contributed by atoms with E-state index < -0.39 is 0 Å². The van der Waals surface area contributed by atoms with Crippen molar-refractivity contribution in [1.82, 2.24) is 0 Å². The Morgan fingerprint density at radius 3 is 2.85 bits per heavy atom. The Bertz CT molecular complexity index is 202. The van der Waals surface area contributed by atoms with Crippen LogP contribution in [0, 0.1) is 5.92 Å². The highest BCUT2D eigenvalue weighted by molar-refractivity contribution is 5.89. The average Bonchev–Trinajstić information content (AvgIpc) is 2.50. The second kappa shape index (κ2) is 3.41. The molecule has 2 atom stereocenters. The quantitative estimate of drug-likeness (QED) is 0.622. The van der Waals surface area contributed by atoms with Crippen LogP contribution in [0.15, 0.2) is 0 Å². The molecular weight excluding hydrogens is 164 g/mol. The van der Waals surface area contributed by atoms with Crippen LogP contribution in [0.3, 0.4) is 0 Å². The third kappa shape index (κ3) is 1.52. The molecule has 0 aromatic carbocycles. The first-order valence-corrected chi connectivity index (χ1v) is 5.44. The Labute approximate surface area is 79.7 Å². The molecule has 0 unspecified atom stereocenters. The van der Waals surface area contributed by atoms with Gasteiger partial charge in [0.2, 0.25) is 0 Å². The largest absolute Gasteiger partial charge is 0.367 e. The van der Waals surface area contributed by atoms with Crippen molar-refractivity contribution in [3.05, 3.63) is 0 Å². The molecule has 0 radical (unpaired) electrons. The Kier molecular flexibility index (Phi) is 2.41. The molecule has 2 aliphatic rings. The normalized spacial score (nSPS) is 40.1. The van der Waals surface area contributed by atoms with E-state index in [2.05, 4.69) is 6.92 Å². The molecule has 0 amide bonds. The van der Waals surface area contributed by atoms with Crippen molar-refractivity contribution in [2.24, 2.45) is 5.92 Å². The first-order valence-electron chi connectivity index (χ1n) is 5.44. The molecule has 2 heteroatoms. The van der Waals surface area contributed by atoms with E-state index in [1.807, 2.05) is 0 Å². The zero-order valence-corrected chi connectivity index (χ0v) is 8.34. The number of Topliss-reactive ketones (excluding diaryl/α,β-unsaturated/α-hetero) is 1. The van der Waals surface area contributed by atoms with E-state index in [1.165, 1.54) is 12.8 Å². The first kappa shape index (κ1) is 9.20. The average molecular weight is 182 g/mol. The molecule has 2 nitrogen and oxygen atoms in total. The summed E-state index contributed by atoms with van der Waals surface area (Å²) >= 11 is 0. The van der Waals surface area contributed by atoms with E-state index in [-0.39, 0.29) is 5.60 Å². The van der Waals surface area contributed by atoms with Crippen LogP contribution in [0.5, 0.6) is 0 Å². The Morgan fingerprint density at radius 2 is 2.38 bits per heavy atom. The lowest BCUT2D eigenvalue weighted by molar-refractivity contribution is -0.150. The lowest BCUT2D eigenvalue weighted by Gasteiger charge is -2.35. The van der Waals surface area contributed by atoms with E-state index in [0.717, 1.165) is 32.3 Å². The van der Waals surface area contributed by atoms with Gasteiger partial charge in [0, 0.05) is 6.42 Å². The molecule has 0 N–H and O–H groups in total. The molecule has 0 aromatic rings. The van der Waals surface area contributed by atoms with Crippen LogP contribution in [0.2, 0.25) is 0 Å². The van der Waals surface area contributed by atoms with Gasteiger partial charge in [-0.1, -0.05) is 13.3 Å². The monoisotopic (exact) mass is 182 g/mol. The number of hydrogen-bond donors (Lipinski definition) is 0. The second-order valence-corrected chi connectivity index (χ2v) is 4.39. The number of carbonyl (C=O) groups is 1. The Hall–Kier alpha value is -0.370. The van der Waals surface area contributed by atoms with E-state index >= 15 is 0 Å². The van der Waals surface area contributed by atoms with Gasteiger partial charge in [-0.25, -0.2) is 0 Å². The fourth-order valence-electron chi connectivity index (χ4n) is 2.51. The zero-order chi connectivity index (χ0) is 9.31. The summed E-state index contributed by atoms with van der Waals surface area (Å²) in [6.07, 6.45) is 6.10. The predicted molar refractivity (Wildman–Crippen MR) is 50.6 cm³/mol. The van der Waals surface area contributed by atoms with Gasteiger partial charge in [-0.15, -0.1) is 0 Å². The van der Waals surface area contributed by atoms with Gasteiger partial charge in [-0.3, -0.25) is 4.79 Å². The van der Waals surface area contributed by atoms with Crippen molar-refractivity contribution in [1.29, 1.82) is 0 Å². The minimum Gasteiger partial charge on any atom is -0.367 e. The molecule has 0 aromatic heterocycles. The van der Waals surface area contributed by atoms with Crippen LogP contribution >= 0.6 is 0 Å². The lowest BCUT2D eigenvalue weighted by Crippen LogP contribution is -2.42. The molecule has 1 heterocycles. The van der Waals surface area contributed by atoms with Gasteiger partial charge < -0.3 is 4.74 Å². The molecule has 0 bridgehead atoms. The molecule has 2 rings (SSSR count). The number of rotatable bonds is 1. The molecule has 2 fully saturated rings. The van der Waals surface area contributed by atoms with E-state index in [0.29, 0.717) is 11.7 Å². The Morgan fingerprint density at radius 1 is 1.54 bits per heavy atom. The maximum atomic E-state index is 11.6. The fraction of sp³-hybridized carbons (Fsp3) is 0.909. The van der Waals surface area contributed by atoms with Gasteiger partial charge in [0.15, 0.2) is 5.78 Å². The smallest absolute Gasteiger partial charge is 0.164 e. The Balaban J connectivity index is 1.99. The van der Waals surface area contributed by atoms with Crippen molar-refractivity contribution in [2.45, 2.75) is 51.0 Å². The maximum absolute atomic E-state index is 11.6. The highest BCUT2D eigenvalue weighted by Crippen LogP contribution is 2.39. The van der Waals surface area contributed by atoms with Gasteiger partial charge in [-0.05, 0) is 31.6 Å². The van der Waals surface area contributed by atoms with Gasteiger partial charge in [-0.2, -0.15) is 0 Å². The van der Waals surface area contributed by atoms with Crippen LogP contribution in [0.1, 0.15) is 45.4 Å². The number of hydrogen-bond acceptors (Lipinski definition) is 2. The zero-order valence-electron chi connectivity index (χ0n) is 8.34. The summed E-state index contributed by atoms with van der Waals surface area (Å²) in [4.78, 5) is 11.6. The van der Waals surface area contributed by atoms with Crippen LogP contribution < -0.4 is 0 Å². The highest BCUT2D eigenvalue weighted by Gasteiger charge is 2.45. The minimum absolute atomic E-state index is 0.328. The van der Waals surface area contributed by atoms with Crippen molar-refractivity contribution in [3.8, 4) is 0 Å². The second-order valence-electron chi connectivity index (χ2n) is 4.39. The molecule has 1 saturated carbocycles. The molecule has 1 aliphatic carbocycles. The summed E-state index contributed by atoms with van der Waals surface area (Å²) in [6.45, 7) is 3.00. The summed E-state index contributed by atoms with van der Waals surface area (Å²) in [6, 6.07) is 0. The topological polar surface area (TPSA) is 26.3 Å². The highest BCUT2D eigenvalue weighted by atomic mass is 16.5. The molecule has 74 valence electrons. The van der Waals surface area contributed by atoms with E-state index in [4.69, 9.17) is 4.74 Å². The summed E-state index contributed by atoms with van der Waals surface area (Å²) in [7, 11) is 0. The SMILES string of the molecule is CC[C@H]1CC[C@@]2(CCCC2=O)OC1. The lowest BCUT2D eigenvalue weighted by atomic mass is 9.86. The van der Waals surface area contributed by atoms with E-state index in [9.17, 15) is 4.79 Å². The fourth-order valence-corrected chi connectivity index (χ4v) is 2.51. The van der Waals surface area contributed by atoms with Crippen LogP contribution in [-0.2, 0) is 9.53 Å². The number of carbonyl (C=O) groups excluding carboxylic acids is 1. The molecule has 1 saturated heterocycles. The van der Waals surface area contributed by atoms with Crippen molar-refractivity contribution < 1.29 is 9.53 Å². The van der Waals surface area contributed by atoms with Gasteiger partial charge in [0.25, 0.3) is 0 Å². The van der Waals surface area contributed by atoms with Gasteiger partial charge in [0.05, 0.1) is 6.61 Å². The summed E-state index contributed by atoms with van der Waals surface area (Å²) in [5.74, 6) is 1.06. The molecule has 1 spiro atoms. The summed E-state index contributed by atoms with van der Waals surface area (Å²) in [5, 5.41) is 0. The number of ether oxygens (including phenoxy) is 1. The summed E-state index contributed by atoms with van der Waals surface area (Å²) in [5.41, 5.74) is -0.328. The van der Waals surface area contributed by atoms with Crippen molar-refractivity contribution in [3.63, 3.8) is 0 Å². The van der Waals surface area contributed by atoms with Crippen LogP contribution in [0.4, 0.5) is 0 Å². The van der Waals surface area contributed by atoms with Crippen LogP contribution in [0.25, 0.3) is 0 Å². The van der Waals surface area contributed by atoms with Crippen molar-refractivity contribution >= 4 is 5.78 Å². The maximum Gasteiger partial charge on any atom is 0.164 e. The number of ketones is 1. The molecular formula is C11H18O2. The standard InChI is InChI=1S/C11H18O2/c1-2-9-5-7-11(13-8-9)6-3-4-10(11)12/h9H,2-8H2,1H3/t9-,11+/m0/s1. The third-order valence-corrected chi connectivity index (χ3v) is 3.62.